The van der Waals surface area contributed by atoms with Crippen LogP contribution < -0.4 is 0 Å². The normalized spacial score (nSPS) is 13.5. The Morgan fingerprint density at radius 2 is 1.85 bits per heavy atom. The third kappa shape index (κ3) is 9.09. The summed E-state index contributed by atoms with van der Waals surface area (Å²) in [6.45, 7) is 13.3. The lowest BCUT2D eigenvalue weighted by Crippen LogP contribution is -2.01. The Morgan fingerprint density at radius 1 is 1.38 bits per heavy atom. The van der Waals surface area contributed by atoms with Gasteiger partial charge >= 0.3 is 0 Å². The molecule has 0 saturated carbocycles. The average Bonchev–Trinajstić information content (AvgIpc) is 2.06. The molecule has 0 aliphatic carbocycles. The first-order valence-electron chi connectivity index (χ1n) is 4.75. The van der Waals surface area contributed by atoms with Gasteiger partial charge < -0.3 is 5.11 Å². The van der Waals surface area contributed by atoms with Gasteiger partial charge in [0.15, 0.2) is 0 Å². The largest absolute Gasteiger partial charge is 0.389 e. The average molecular weight is 182 g/mol. The summed E-state index contributed by atoms with van der Waals surface area (Å²) in [6.07, 6.45) is 5.26. The molecule has 0 bridgehead atoms. The van der Waals surface area contributed by atoms with Crippen LogP contribution in [0.5, 0.6) is 0 Å². The van der Waals surface area contributed by atoms with E-state index in [1.54, 1.807) is 6.92 Å². The standard InChI is InChI=1S/C10H16O.C2H6/c1-5-6-10(9(4)11)7-8(2)3;1-2/h5-7,9,11H,2H2,1,3-4H3;1-2H3/b6-5-,10-7+;. The molecule has 0 rings (SSSR count). The third-order valence-electron chi connectivity index (χ3n) is 1.25. The lowest BCUT2D eigenvalue weighted by molar-refractivity contribution is 0.235. The molecule has 13 heavy (non-hydrogen) atoms. The molecule has 0 spiro atoms. The maximum absolute atomic E-state index is 9.23. The van der Waals surface area contributed by atoms with E-state index in [0.717, 1.165) is 11.1 Å². The van der Waals surface area contributed by atoms with Gasteiger partial charge in [-0.2, -0.15) is 0 Å². The van der Waals surface area contributed by atoms with Gasteiger partial charge in [0.2, 0.25) is 0 Å². The van der Waals surface area contributed by atoms with E-state index in [-0.39, 0.29) is 0 Å². The predicted molar refractivity (Wildman–Crippen MR) is 60.7 cm³/mol. The smallest absolute Gasteiger partial charge is 0.0761 e. The van der Waals surface area contributed by atoms with Crippen LogP contribution in [0.3, 0.4) is 0 Å². The predicted octanol–water partition coefficient (Wildman–Crippen LogP) is 3.47. The molecule has 0 aromatic heterocycles. The van der Waals surface area contributed by atoms with Crippen molar-refractivity contribution in [2.24, 2.45) is 0 Å². The minimum absolute atomic E-state index is 0.414. The Labute approximate surface area is 82.5 Å². The second-order valence-electron chi connectivity index (χ2n) is 2.67. The van der Waals surface area contributed by atoms with Crippen LogP contribution in [-0.4, -0.2) is 11.2 Å². The van der Waals surface area contributed by atoms with Crippen molar-refractivity contribution in [1.29, 1.82) is 0 Å². The van der Waals surface area contributed by atoms with Crippen molar-refractivity contribution in [2.45, 2.75) is 40.7 Å². The van der Waals surface area contributed by atoms with E-state index in [0.29, 0.717) is 0 Å². The first-order chi connectivity index (χ1) is 6.07. The van der Waals surface area contributed by atoms with Crippen molar-refractivity contribution in [1.82, 2.24) is 0 Å². The minimum Gasteiger partial charge on any atom is -0.389 e. The number of hydrogen-bond acceptors (Lipinski definition) is 1. The SMILES string of the molecule is C=C(C)/C=C(\C=C/C)C(C)O.CC. The van der Waals surface area contributed by atoms with Gasteiger partial charge in [-0.3, -0.25) is 0 Å². The Morgan fingerprint density at radius 3 is 2.08 bits per heavy atom. The first-order valence-corrected chi connectivity index (χ1v) is 4.75. The van der Waals surface area contributed by atoms with Gasteiger partial charge in [-0.15, -0.1) is 0 Å². The molecule has 1 unspecified atom stereocenters. The Kier molecular flexibility index (Phi) is 10.5. The van der Waals surface area contributed by atoms with Crippen LogP contribution in [0, 0.1) is 0 Å². The van der Waals surface area contributed by atoms with Gasteiger partial charge in [0.25, 0.3) is 0 Å². The molecule has 0 aliphatic rings. The van der Waals surface area contributed by atoms with E-state index in [9.17, 15) is 5.11 Å². The van der Waals surface area contributed by atoms with Crippen LogP contribution in [0.4, 0.5) is 0 Å². The summed E-state index contributed by atoms with van der Waals surface area (Å²) in [6, 6.07) is 0. The lowest BCUT2D eigenvalue weighted by Gasteiger charge is -2.04. The van der Waals surface area contributed by atoms with E-state index < -0.39 is 6.10 Å². The molecular formula is C12H22O. The zero-order chi connectivity index (χ0) is 10.9. The van der Waals surface area contributed by atoms with Gasteiger partial charge in [-0.25, -0.2) is 0 Å². The van der Waals surface area contributed by atoms with E-state index in [1.807, 2.05) is 45.9 Å². The van der Waals surface area contributed by atoms with Crippen molar-refractivity contribution in [3.63, 3.8) is 0 Å². The molecule has 0 fully saturated rings. The van der Waals surface area contributed by atoms with Crippen LogP contribution >= 0.6 is 0 Å². The summed E-state index contributed by atoms with van der Waals surface area (Å²) in [5, 5.41) is 9.23. The Hall–Kier alpha value is -0.820. The molecule has 1 nitrogen and oxygen atoms in total. The Bertz CT molecular complexity index is 185. The van der Waals surface area contributed by atoms with Crippen LogP contribution in [-0.2, 0) is 0 Å². The zero-order valence-electron chi connectivity index (χ0n) is 9.46. The molecule has 1 N–H and O–H groups in total. The maximum atomic E-state index is 9.23. The monoisotopic (exact) mass is 182 g/mol. The van der Waals surface area contributed by atoms with Gasteiger partial charge in [0, 0.05) is 0 Å². The third-order valence-corrected chi connectivity index (χ3v) is 1.25. The number of rotatable bonds is 3. The molecule has 0 aromatic rings. The van der Waals surface area contributed by atoms with Gasteiger partial charge in [-0.1, -0.05) is 44.2 Å². The van der Waals surface area contributed by atoms with Crippen LogP contribution in [0.15, 0.2) is 36.0 Å². The summed E-state index contributed by atoms with van der Waals surface area (Å²) in [7, 11) is 0. The summed E-state index contributed by atoms with van der Waals surface area (Å²) >= 11 is 0. The van der Waals surface area contributed by atoms with Crippen molar-refractivity contribution in [3.05, 3.63) is 36.0 Å². The number of allylic oxidation sites excluding steroid dienone is 3. The number of aliphatic hydroxyl groups excluding tert-OH is 1. The van der Waals surface area contributed by atoms with Gasteiger partial charge in [0.05, 0.1) is 6.10 Å². The zero-order valence-corrected chi connectivity index (χ0v) is 9.46. The molecule has 0 aliphatic heterocycles. The maximum Gasteiger partial charge on any atom is 0.0761 e. The fourth-order valence-corrected chi connectivity index (χ4v) is 0.785. The van der Waals surface area contributed by atoms with E-state index >= 15 is 0 Å². The van der Waals surface area contributed by atoms with E-state index in [1.165, 1.54) is 0 Å². The summed E-state index contributed by atoms with van der Waals surface area (Å²) in [4.78, 5) is 0. The molecule has 0 saturated heterocycles. The summed E-state index contributed by atoms with van der Waals surface area (Å²) < 4.78 is 0. The highest BCUT2D eigenvalue weighted by Gasteiger charge is 1.98. The first kappa shape index (κ1) is 14.7. The van der Waals surface area contributed by atoms with Crippen molar-refractivity contribution >= 4 is 0 Å². The highest BCUT2D eigenvalue weighted by Crippen LogP contribution is 2.06. The van der Waals surface area contributed by atoms with Crippen molar-refractivity contribution in [3.8, 4) is 0 Å². The molecule has 0 radical (unpaired) electrons. The minimum atomic E-state index is -0.414. The number of hydrogen-bond donors (Lipinski definition) is 1. The van der Waals surface area contributed by atoms with Gasteiger partial charge in [-0.05, 0) is 26.3 Å². The molecule has 76 valence electrons. The Balaban J connectivity index is 0. The molecule has 1 atom stereocenters. The van der Waals surface area contributed by atoms with Crippen molar-refractivity contribution < 1.29 is 5.11 Å². The molecule has 0 heterocycles. The fraction of sp³-hybridized carbons (Fsp3) is 0.500. The highest BCUT2D eigenvalue weighted by atomic mass is 16.3. The van der Waals surface area contributed by atoms with Crippen LogP contribution in [0.2, 0.25) is 0 Å². The highest BCUT2D eigenvalue weighted by molar-refractivity contribution is 5.29. The molecular weight excluding hydrogens is 160 g/mol. The lowest BCUT2D eigenvalue weighted by atomic mass is 10.1. The second kappa shape index (κ2) is 9.27. The molecule has 0 amide bonds. The second-order valence-corrected chi connectivity index (χ2v) is 2.67. The van der Waals surface area contributed by atoms with Crippen molar-refractivity contribution in [2.75, 3.05) is 0 Å². The topological polar surface area (TPSA) is 20.2 Å². The van der Waals surface area contributed by atoms with Gasteiger partial charge in [0.1, 0.15) is 0 Å². The molecule has 0 aromatic carbocycles. The van der Waals surface area contributed by atoms with E-state index in [2.05, 4.69) is 6.58 Å². The van der Waals surface area contributed by atoms with E-state index in [4.69, 9.17) is 0 Å². The quantitative estimate of drug-likeness (QED) is 0.663. The summed E-state index contributed by atoms with van der Waals surface area (Å²) in [5.74, 6) is 0. The summed E-state index contributed by atoms with van der Waals surface area (Å²) in [5.41, 5.74) is 1.86. The molecule has 1 heteroatoms. The fourth-order valence-electron chi connectivity index (χ4n) is 0.785. The van der Waals surface area contributed by atoms with Crippen LogP contribution in [0.1, 0.15) is 34.6 Å². The number of aliphatic hydroxyl groups is 1. The van der Waals surface area contributed by atoms with Crippen LogP contribution in [0.25, 0.3) is 0 Å².